The molecule has 0 saturated heterocycles. The lowest BCUT2D eigenvalue weighted by molar-refractivity contribution is -0.383. The third-order valence-electron chi connectivity index (χ3n) is 3.12. The van der Waals surface area contributed by atoms with Crippen molar-refractivity contribution in [1.29, 1.82) is 0 Å². The van der Waals surface area contributed by atoms with Gasteiger partial charge in [0.2, 0.25) is 0 Å². The van der Waals surface area contributed by atoms with Gasteiger partial charge in [-0.3, -0.25) is 15.0 Å². The van der Waals surface area contributed by atoms with Crippen molar-refractivity contribution in [3.05, 3.63) is 33.9 Å². The molecule has 2 N–H and O–H groups in total. The Kier molecular flexibility index (Phi) is 3.85. The number of anilines is 1. The summed E-state index contributed by atoms with van der Waals surface area (Å²) in [6, 6.07) is 3.97. The molecule has 0 bridgehead atoms. The fourth-order valence-electron chi connectivity index (χ4n) is 2.09. The quantitative estimate of drug-likeness (QED) is 0.514. The van der Waals surface area contributed by atoms with Gasteiger partial charge in [0.05, 0.1) is 11.5 Å². The van der Waals surface area contributed by atoms with Crippen LogP contribution in [0.5, 0.6) is 0 Å². The minimum Gasteiger partial charge on any atom is -0.393 e. The van der Waals surface area contributed by atoms with Crippen LogP contribution in [0.1, 0.15) is 18.4 Å². The summed E-state index contributed by atoms with van der Waals surface area (Å²) in [6.07, 6.45) is -2.76. The summed E-state index contributed by atoms with van der Waals surface area (Å²) >= 11 is 0. The van der Waals surface area contributed by atoms with Crippen molar-refractivity contribution in [3.8, 4) is 0 Å². The van der Waals surface area contributed by atoms with Crippen LogP contribution in [0.3, 0.4) is 0 Å². The van der Waals surface area contributed by atoms with Gasteiger partial charge in [0, 0.05) is 18.7 Å². The van der Waals surface area contributed by atoms with Crippen LogP contribution >= 0.6 is 0 Å². The Morgan fingerprint density at radius 1 is 1.40 bits per heavy atom. The average Bonchev–Trinajstić information content (AvgIpc) is 3.09. The molecule has 8 heteroatoms. The maximum Gasteiger partial charge on any atom is 0.401 e. The van der Waals surface area contributed by atoms with Gasteiger partial charge in [-0.1, -0.05) is 6.07 Å². The molecule has 0 heterocycles. The van der Waals surface area contributed by atoms with E-state index in [1.54, 1.807) is 0 Å². The van der Waals surface area contributed by atoms with E-state index in [0.29, 0.717) is 5.56 Å². The molecular formula is C12H14F3N3O2. The molecule has 1 fully saturated rings. The standard InChI is InChI=1S/C12H14F3N3O2/c13-12(14,15)7-17(9-2-3-9)6-8-1-4-11(18(19)20)10(16)5-8/h1,4-5,9H,2-3,6-7,16H2. The first-order valence-corrected chi connectivity index (χ1v) is 6.10. The molecule has 0 unspecified atom stereocenters. The van der Waals surface area contributed by atoms with Gasteiger partial charge in [0.15, 0.2) is 0 Å². The van der Waals surface area contributed by atoms with Crippen LogP contribution in [0.2, 0.25) is 0 Å². The van der Waals surface area contributed by atoms with Gasteiger partial charge in [0.25, 0.3) is 5.69 Å². The first-order chi connectivity index (χ1) is 9.26. The highest BCUT2D eigenvalue weighted by atomic mass is 19.4. The highest BCUT2D eigenvalue weighted by Gasteiger charge is 2.37. The van der Waals surface area contributed by atoms with E-state index < -0.39 is 17.6 Å². The van der Waals surface area contributed by atoms with Gasteiger partial charge in [0.1, 0.15) is 5.69 Å². The molecule has 5 nitrogen and oxygen atoms in total. The number of nitro groups is 1. The van der Waals surface area contributed by atoms with Gasteiger partial charge >= 0.3 is 6.18 Å². The van der Waals surface area contributed by atoms with Gasteiger partial charge in [-0.2, -0.15) is 13.2 Å². The zero-order chi connectivity index (χ0) is 14.9. The van der Waals surface area contributed by atoms with Crippen LogP contribution in [-0.4, -0.2) is 28.6 Å². The first kappa shape index (κ1) is 14.6. The minimum atomic E-state index is -4.26. The molecule has 0 radical (unpaired) electrons. The zero-order valence-corrected chi connectivity index (χ0v) is 10.6. The van der Waals surface area contributed by atoms with E-state index in [9.17, 15) is 23.3 Å². The van der Waals surface area contributed by atoms with E-state index in [1.165, 1.54) is 23.1 Å². The molecule has 1 aromatic rings. The van der Waals surface area contributed by atoms with Crippen molar-refractivity contribution in [2.24, 2.45) is 0 Å². The van der Waals surface area contributed by atoms with E-state index in [1.807, 2.05) is 0 Å². The molecule has 1 aliphatic carbocycles. The predicted molar refractivity (Wildman–Crippen MR) is 67.0 cm³/mol. The van der Waals surface area contributed by atoms with Gasteiger partial charge in [-0.15, -0.1) is 0 Å². The monoisotopic (exact) mass is 289 g/mol. The third-order valence-corrected chi connectivity index (χ3v) is 3.12. The van der Waals surface area contributed by atoms with E-state index in [4.69, 9.17) is 5.73 Å². The SMILES string of the molecule is Nc1cc(CN(CC(F)(F)F)C2CC2)ccc1[N+](=O)[O-]. The lowest BCUT2D eigenvalue weighted by Gasteiger charge is -2.23. The van der Waals surface area contributed by atoms with Crippen molar-refractivity contribution in [3.63, 3.8) is 0 Å². The fraction of sp³-hybridized carbons (Fsp3) is 0.500. The molecular weight excluding hydrogens is 275 g/mol. The Bertz CT molecular complexity index is 515. The Hall–Kier alpha value is -1.83. The first-order valence-electron chi connectivity index (χ1n) is 6.10. The van der Waals surface area contributed by atoms with Crippen LogP contribution < -0.4 is 5.73 Å². The number of nitro benzene ring substituents is 1. The van der Waals surface area contributed by atoms with E-state index >= 15 is 0 Å². The highest BCUT2D eigenvalue weighted by Crippen LogP contribution is 2.32. The summed E-state index contributed by atoms with van der Waals surface area (Å²) in [5.74, 6) is 0. The number of nitrogens with two attached hydrogens (primary N) is 1. The smallest absolute Gasteiger partial charge is 0.393 e. The number of benzene rings is 1. The van der Waals surface area contributed by atoms with Crippen LogP contribution in [0.25, 0.3) is 0 Å². The van der Waals surface area contributed by atoms with E-state index in [0.717, 1.165) is 12.8 Å². The van der Waals surface area contributed by atoms with Crippen LogP contribution in [0.15, 0.2) is 18.2 Å². The molecule has 1 saturated carbocycles. The second-order valence-electron chi connectivity index (χ2n) is 4.90. The normalized spacial score (nSPS) is 15.6. The topological polar surface area (TPSA) is 72.4 Å². The molecule has 1 aliphatic rings. The Balaban J connectivity index is 2.11. The molecule has 1 aromatic carbocycles. The largest absolute Gasteiger partial charge is 0.401 e. The van der Waals surface area contributed by atoms with Gasteiger partial charge in [-0.05, 0) is 24.5 Å². The number of nitrogens with zero attached hydrogens (tertiary/aromatic N) is 2. The predicted octanol–water partition coefficient (Wildman–Crippen LogP) is 2.70. The minimum absolute atomic E-state index is 0.0322. The Morgan fingerprint density at radius 3 is 2.50 bits per heavy atom. The molecule has 0 amide bonds. The molecule has 110 valence electrons. The van der Waals surface area contributed by atoms with Crippen molar-refractivity contribution < 1.29 is 18.1 Å². The highest BCUT2D eigenvalue weighted by molar-refractivity contribution is 5.59. The average molecular weight is 289 g/mol. The van der Waals surface area contributed by atoms with Crippen LogP contribution in [0.4, 0.5) is 24.5 Å². The van der Waals surface area contributed by atoms with Gasteiger partial charge in [-0.25, -0.2) is 0 Å². The third kappa shape index (κ3) is 3.83. The lowest BCUT2D eigenvalue weighted by Crippen LogP contribution is -2.35. The fourth-order valence-corrected chi connectivity index (χ4v) is 2.09. The summed E-state index contributed by atoms with van der Waals surface area (Å²) in [5, 5.41) is 10.6. The maximum absolute atomic E-state index is 12.5. The molecule has 0 aliphatic heterocycles. The molecule has 2 rings (SSSR count). The number of nitrogen functional groups attached to an aromatic ring is 1. The second kappa shape index (κ2) is 5.28. The maximum atomic E-state index is 12.5. The number of alkyl halides is 3. The lowest BCUT2D eigenvalue weighted by atomic mass is 10.1. The molecule has 0 atom stereocenters. The van der Waals surface area contributed by atoms with Gasteiger partial charge < -0.3 is 5.73 Å². The summed E-state index contributed by atoms with van der Waals surface area (Å²) in [4.78, 5) is 11.3. The zero-order valence-electron chi connectivity index (χ0n) is 10.6. The summed E-state index contributed by atoms with van der Waals surface area (Å²) in [5.41, 5.74) is 5.81. The van der Waals surface area contributed by atoms with Crippen LogP contribution in [-0.2, 0) is 6.54 Å². The number of hydrogen-bond donors (Lipinski definition) is 1. The second-order valence-corrected chi connectivity index (χ2v) is 4.90. The van der Waals surface area contributed by atoms with Crippen molar-refractivity contribution in [2.75, 3.05) is 12.3 Å². The van der Waals surface area contributed by atoms with Crippen LogP contribution in [0, 0.1) is 10.1 Å². The number of rotatable bonds is 5. The van der Waals surface area contributed by atoms with Crippen molar-refractivity contribution >= 4 is 11.4 Å². The number of halogens is 3. The molecule has 0 aromatic heterocycles. The van der Waals surface area contributed by atoms with Crippen molar-refractivity contribution in [1.82, 2.24) is 4.90 Å². The summed E-state index contributed by atoms with van der Waals surface area (Å²) < 4.78 is 37.5. The Morgan fingerprint density at radius 2 is 2.05 bits per heavy atom. The summed E-state index contributed by atoms with van der Waals surface area (Å²) in [7, 11) is 0. The molecule has 0 spiro atoms. The number of hydrogen-bond acceptors (Lipinski definition) is 4. The summed E-state index contributed by atoms with van der Waals surface area (Å²) in [6.45, 7) is -0.888. The molecule has 20 heavy (non-hydrogen) atoms. The Labute approximate surface area is 113 Å². The van der Waals surface area contributed by atoms with Crippen molar-refractivity contribution in [2.45, 2.75) is 31.6 Å². The van der Waals surface area contributed by atoms with E-state index in [2.05, 4.69) is 0 Å². The van der Waals surface area contributed by atoms with E-state index in [-0.39, 0.29) is 24.0 Å².